The van der Waals surface area contributed by atoms with E-state index in [2.05, 4.69) is 0 Å². The minimum atomic E-state index is -1.28. The molecule has 0 aliphatic rings. The second-order valence-electron chi connectivity index (χ2n) is 2.71. The SMILES string of the molecule is N=C(N)C(O)c1cccc([N+](=O)[O-])c1. The number of amidine groups is 1. The summed E-state index contributed by atoms with van der Waals surface area (Å²) in [6, 6.07) is 5.39. The van der Waals surface area contributed by atoms with E-state index in [-0.39, 0.29) is 11.3 Å². The highest BCUT2D eigenvalue weighted by Gasteiger charge is 2.13. The predicted octanol–water partition coefficient (Wildman–Crippen LogP) is 0.564. The van der Waals surface area contributed by atoms with Crippen LogP contribution in [0.5, 0.6) is 0 Å². The van der Waals surface area contributed by atoms with E-state index >= 15 is 0 Å². The van der Waals surface area contributed by atoms with E-state index in [0.29, 0.717) is 0 Å². The van der Waals surface area contributed by atoms with Gasteiger partial charge in [-0.25, -0.2) is 0 Å². The van der Waals surface area contributed by atoms with Crippen LogP contribution in [0.1, 0.15) is 11.7 Å². The Bertz CT molecular complexity index is 378. The van der Waals surface area contributed by atoms with Gasteiger partial charge in [-0.1, -0.05) is 12.1 Å². The number of hydrogen-bond acceptors (Lipinski definition) is 4. The Hall–Kier alpha value is -1.95. The van der Waals surface area contributed by atoms with Gasteiger partial charge >= 0.3 is 0 Å². The Morgan fingerprint density at radius 1 is 1.64 bits per heavy atom. The van der Waals surface area contributed by atoms with Crippen molar-refractivity contribution in [3.05, 3.63) is 39.9 Å². The lowest BCUT2D eigenvalue weighted by molar-refractivity contribution is -0.385. The summed E-state index contributed by atoms with van der Waals surface area (Å²) in [5, 5.41) is 26.7. The standard InChI is InChI=1S/C8H9N3O3/c9-8(10)7(12)5-2-1-3-6(4-5)11(13)14/h1-4,7,12H,(H3,9,10). The summed E-state index contributed by atoms with van der Waals surface area (Å²) in [5.41, 5.74) is 5.16. The summed E-state index contributed by atoms with van der Waals surface area (Å²) in [6.45, 7) is 0. The number of nitrogens with zero attached hydrogens (tertiary/aromatic N) is 1. The number of nitro groups is 1. The van der Waals surface area contributed by atoms with Gasteiger partial charge in [-0.05, 0) is 5.56 Å². The predicted molar refractivity (Wildman–Crippen MR) is 50.0 cm³/mol. The van der Waals surface area contributed by atoms with Crippen molar-refractivity contribution >= 4 is 11.5 Å². The van der Waals surface area contributed by atoms with Crippen LogP contribution in [0.25, 0.3) is 0 Å². The van der Waals surface area contributed by atoms with E-state index in [1.54, 1.807) is 0 Å². The summed E-state index contributed by atoms with van der Waals surface area (Å²) < 4.78 is 0. The van der Waals surface area contributed by atoms with Gasteiger partial charge < -0.3 is 10.8 Å². The molecule has 6 heteroatoms. The Labute approximate surface area is 79.6 Å². The molecule has 74 valence electrons. The van der Waals surface area contributed by atoms with Crippen LogP contribution in [0.2, 0.25) is 0 Å². The van der Waals surface area contributed by atoms with Crippen LogP contribution < -0.4 is 5.73 Å². The molecule has 6 nitrogen and oxygen atoms in total. The summed E-state index contributed by atoms with van der Waals surface area (Å²) >= 11 is 0. The number of benzene rings is 1. The molecule has 1 unspecified atom stereocenters. The number of nitro benzene ring substituents is 1. The molecule has 1 rings (SSSR count). The first-order chi connectivity index (χ1) is 6.52. The highest BCUT2D eigenvalue weighted by Crippen LogP contribution is 2.18. The van der Waals surface area contributed by atoms with Gasteiger partial charge in [0.2, 0.25) is 0 Å². The molecule has 1 aromatic rings. The zero-order valence-corrected chi connectivity index (χ0v) is 7.18. The van der Waals surface area contributed by atoms with E-state index in [0.717, 1.165) is 0 Å². The van der Waals surface area contributed by atoms with E-state index in [1.165, 1.54) is 24.3 Å². The van der Waals surface area contributed by atoms with Crippen molar-refractivity contribution in [2.75, 3.05) is 0 Å². The lowest BCUT2D eigenvalue weighted by atomic mass is 10.1. The minimum absolute atomic E-state index is 0.136. The average Bonchev–Trinajstić information content (AvgIpc) is 2.16. The molecular weight excluding hydrogens is 186 g/mol. The Morgan fingerprint density at radius 2 is 2.29 bits per heavy atom. The van der Waals surface area contributed by atoms with Gasteiger partial charge in [0.15, 0.2) is 0 Å². The lowest BCUT2D eigenvalue weighted by Gasteiger charge is -2.07. The summed E-state index contributed by atoms with van der Waals surface area (Å²) in [4.78, 5) is 9.81. The van der Waals surface area contributed by atoms with Crippen LogP contribution in [-0.2, 0) is 0 Å². The van der Waals surface area contributed by atoms with Gasteiger partial charge in [0, 0.05) is 12.1 Å². The molecule has 0 aliphatic carbocycles. The number of aliphatic hydroxyl groups excluding tert-OH is 1. The topological polar surface area (TPSA) is 113 Å². The fourth-order valence-corrected chi connectivity index (χ4v) is 0.988. The molecule has 0 amide bonds. The molecule has 1 aromatic carbocycles. The van der Waals surface area contributed by atoms with Gasteiger partial charge in [-0.2, -0.15) is 0 Å². The third kappa shape index (κ3) is 2.05. The second-order valence-corrected chi connectivity index (χ2v) is 2.71. The number of rotatable bonds is 3. The lowest BCUT2D eigenvalue weighted by Crippen LogP contribution is -2.20. The Kier molecular flexibility index (Phi) is 2.78. The molecule has 0 aliphatic heterocycles. The largest absolute Gasteiger partial charge is 0.385 e. The van der Waals surface area contributed by atoms with Crippen LogP contribution >= 0.6 is 0 Å². The zero-order valence-electron chi connectivity index (χ0n) is 7.18. The smallest absolute Gasteiger partial charge is 0.269 e. The molecule has 0 saturated carbocycles. The summed E-state index contributed by atoms with van der Waals surface area (Å²) in [6.07, 6.45) is -1.28. The molecule has 0 fully saturated rings. The number of non-ortho nitro benzene ring substituents is 1. The third-order valence-electron chi connectivity index (χ3n) is 1.69. The van der Waals surface area contributed by atoms with Crippen LogP contribution in [0.15, 0.2) is 24.3 Å². The Balaban J connectivity index is 3.05. The maximum Gasteiger partial charge on any atom is 0.269 e. The molecule has 0 spiro atoms. The van der Waals surface area contributed by atoms with Gasteiger partial charge in [0.1, 0.15) is 11.9 Å². The van der Waals surface area contributed by atoms with Crippen molar-refractivity contribution in [2.24, 2.45) is 5.73 Å². The monoisotopic (exact) mass is 195 g/mol. The second kappa shape index (κ2) is 3.84. The van der Waals surface area contributed by atoms with E-state index in [4.69, 9.17) is 11.1 Å². The van der Waals surface area contributed by atoms with Gasteiger partial charge in [-0.3, -0.25) is 15.5 Å². The Morgan fingerprint density at radius 3 is 2.79 bits per heavy atom. The first kappa shape index (κ1) is 10.1. The minimum Gasteiger partial charge on any atom is -0.385 e. The van der Waals surface area contributed by atoms with E-state index in [9.17, 15) is 15.2 Å². The molecule has 0 bridgehead atoms. The van der Waals surface area contributed by atoms with E-state index < -0.39 is 16.9 Å². The highest BCUT2D eigenvalue weighted by atomic mass is 16.6. The zero-order chi connectivity index (χ0) is 10.7. The number of hydrogen-bond donors (Lipinski definition) is 3. The number of nitrogens with two attached hydrogens (primary N) is 1. The first-order valence-electron chi connectivity index (χ1n) is 3.78. The van der Waals surface area contributed by atoms with Crippen molar-refractivity contribution in [2.45, 2.75) is 6.10 Å². The number of nitrogens with one attached hydrogen (secondary N) is 1. The van der Waals surface area contributed by atoms with Crippen LogP contribution in [0.4, 0.5) is 5.69 Å². The van der Waals surface area contributed by atoms with Crippen molar-refractivity contribution in [1.29, 1.82) is 5.41 Å². The van der Waals surface area contributed by atoms with Crippen LogP contribution in [0, 0.1) is 15.5 Å². The molecule has 0 radical (unpaired) electrons. The molecule has 0 saturated heterocycles. The van der Waals surface area contributed by atoms with Gasteiger partial charge in [0.25, 0.3) is 5.69 Å². The van der Waals surface area contributed by atoms with Crippen molar-refractivity contribution < 1.29 is 10.0 Å². The maximum atomic E-state index is 10.4. The van der Waals surface area contributed by atoms with Gasteiger partial charge in [-0.15, -0.1) is 0 Å². The van der Waals surface area contributed by atoms with Crippen LogP contribution in [-0.4, -0.2) is 15.9 Å². The first-order valence-corrected chi connectivity index (χ1v) is 3.78. The molecule has 0 heterocycles. The molecule has 1 atom stereocenters. The highest BCUT2D eigenvalue weighted by molar-refractivity contribution is 5.82. The van der Waals surface area contributed by atoms with E-state index in [1.807, 2.05) is 0 Å². The summed E-state index contributed by atoms with van der Waals surface area (Å²) in [5.74, 6) is -0.439. The summed E-state index contributed by atoms with van der Waals surface area (Å²) in [7, 11) is 0. The molecule has 4 N–H and O–H groups in total. The molecule has 14 heavy (non-hydrogen) atoms. The quantitative estimate of drug-likeness (QED) is 0.283. The molecular formula is C8H9N3O3. The fraction of sp³-hybridized carbons (Fsp3) is 0.125. The maximum absolute atomic E-state index is 10.4. The fourth-order valence-electron chi connectivity index (χ4n) is 0.988. The third-order valence-corrected chi connectivity index (χ3v) is 1.69. The normalized spacial score (nSPS) is 12.1. The van der Waals surface area contributed by atoms with Crippen LogP contribution in [0.3, 0.4) is 0 Å². The molecule has 0 aromatic heterocycles. The average molecular weight is 195 g/mol. The van der Waals surface area contributed by atoms with Gasteiger partial charge in [0.05, 0.1) is 4.92 Å². The van der Waals surface area contributed by atoms with Crippen molar-refractivity contribution in [3.8, 4) is 0 Å². The van der Waals surface area contributed by atoms with Crippen molar-refractivity contribution in [1.82, 2.24) is 0 Å². The number of aliphatic hydroxyl groups is 1. The van der Waals surface area contributed by atoms with Crippen molar-refractivity contribution in [3.63, 3.8) is 0 Å².